The van der Waals surface area contributed by atoms with Gasteiger partial charge in [-0.15, -0.1) is 0 Å². The lowest BCUT2D eigenvalue weighted by molar-refractivity contribution is -0.138. The molecule has 0 heterocycles. The summed E-state index contributed by atoms with van der Waals surface area (Å²) in [7, 11) is 0. The molecule has 0 saturated carbocycles. The number of halogens is 4. The second-order valence-corrected chi connectivity index (χ2v) is 5.96. The highest BCUT2D eigenvalue weighted by molar-refractivity contribution is 14.1. The van der Waals surface area contributed by atoms with Gasteiger partial charge in [0.25, 0.3) is 5.91 Å². The van der Waals surface area contributed by atoms with Crippen molar-refractivity contribution in [1.82, 2.24) is 5.32 Å². The average molecular weight is 419 g/mol. The van der Waals surface area contributed by atoms with Crippen LogP contribution in [-0.2, 0) is 12.7 Å². The fraction of sp³-hybridized carbons (Fsp3) is 0.188. The molecule has 116 valence electrons. The quantitative estimate of drug-likeness (QED) is 0.727. The van der Waals surface area contributed by atoms with Gasteiger partial charge < -0.3 is 5.32 Å². The molecule has 0 spiro atoms. The summed E-state index contributed by atoms with van der Waals surface area (Å²) in [6.45, 7) is 1.75. The molecule has 2 rings (SSSR count). The van der Waals surface area contributed by atoms with Crippen LogP contribution >= 0.6 is 22.6 Å². The Hall–Kier alpha value is -1.57. The molecule has 2 aromatic carbocycles. The maximum Gasteiger partial charge on any atom is 0.416 e. The molecule has 0 aliphatic rings. The maximum atomic E-state index is 12.9. The van der Waals surface area contributed by atoms with E-state index in [2.05, 4.69) is 27.9 Å². The van der Waals surface area contributed by atoms with E-state index in [-0.39, 0.29) is 12.1 Å². The van der Waals surface area contributed by atoms with Crippen molar-refractivity contribution in [3.8, 4) is 0 Å². The Morgan fingerprint density at radius 1 is 1.18 bits per heavy atom. The van der Waals surface area contributed by atoms with Crippen LogP contribution in [0.25, 0.3) is 0 Å². The van der Waals surface area contributed by atoms with Gasteiger partial charge in [-0.25, -0.2) is 0 Å². The molecular formula is C16H13F3INO. The van der Waals surface area contributed by atoms with Gasteiger partial charge in [0, 0.05) is 15.7 Å². The summed E-state index contributed by atoms with van der Waals surface area (Å²) in [5.41, 5.74) is 0.790. The standard InChI is InChI=1S/C16H13F3INO/c1-10-6-7-11(8-14(10)20)15(22)21-9-12-4-2-3-5-13(12)16(17,18)19/h2-8H,9H2,1H3,(H,21,22). The number of benzene rings is 2. The normalized spacial score (nSPS) is 11.3. The first kappa shape index (κ1) is 16.8. The molecule has 6 heteroatoms. The molecular weight excluding hydrogens is 406 g/mol. The van der Waals surface area contributed by atoms with Crippen LogP contribution in [0.3, 0.4) is 0 Å². The number of carbonyl (C=O) groups excluding carboxylic acids is 1. The number of carbonyl (C=O) groups is 1. The van der Waals surface area contributed by atoms with Crippen molar-refractivity contribution in [3.05, 3.63) is 68.3 Å². The van der Waals surface area contributed by atoms with E-state index in [4.69, 9.17) is 0 Å². The maximum absolute atomic E-state index is 12.9. The summed E-state index contributed by atoms with van der Waals surface area (Å²) in [5.74, 6) is -0.394. The lowest BCUT2D eigenvalue weighted by Crippen LogP contribution is -2.24. The molecule has 1 amide bonds. The number of nitrogens with one attached hydrogen (secondary N) is 1. The van der Waals surface area contributed by atoms with Crippen LogP contribution in [0.15, 0.2) is 42.5 Å². The molecule has 0 radical (unpaired) electrons. The van der Waals surface area contributed by atoms with E-state index < -0.39 is 17.6 Å². The molecule has 22 heavy (non-hydrogen) atoms. The number of amides is 1. The van der Waals surface area contributed by atoms with Crippen molar-refractivity contribution in [2.45, 2.75) is 19.6 Å². The van der Waals surface area contributed by atoms with Crippen molar-refractivity contribution >= 4 is 28.5 Å². The van der Waals surface area contributed by atoms with Gasteiger partial charge in [-0.2, -0.15) is 13.2 Å². The Labute approximate surface area is 139 Å². The predicted octanol–water partition coefficient (Wildman–Crippen LogP) is 4.55. The molecule has 0 aliphatic carbocycles. The summed E-state index contributed by atoms with van der Waals surface area (Å²) in [6.07, 6.45) is -4.43. The van der Waals surface area contributed by atoms with Crippen LogP contribution in [0.4, 0.5) is 13.2 Å². The van der Waals surface area contributed by atoms with E-state index in [1.54, 1.807) is 18.2 Å². The number of aryl methyl sites for hydroxylation is 1. The third-order valence-electron chi connectivity index (χ3n) is 3.20. The Morgan fingerprint density at radius 2 is 1.86 bits per heavy atom. The van der Waals surface area contributed by atoms with Gasteiger partial charge in [0.15, 0.2) is 0 Å². The van der Waals surface area contributed by atoms with Gasteiger partial charge >= 0.3 is 6.18 Å². The molecule has 2 nitrogen and oxygen atoms in total. The van der Waals surface area contributed by atoms with Crippen LogP contribution < -0.4 is 5.32 Å². The van der Waals surface area contributed by atoms with E-state index in [9.17, 15) is 18.0 Å². The first-order valence-corrected chi connectivity index (χ1v) is 7.56. The van der Waals surface area contributed by atoms with Crippen LogP contribution in [0.1, 0.15) is 27.0 Å². The average Bonchev–Trinajstić information content (AvgIpc) is 2.47. The highest BCUT2D eigenvalue weighted by Crippen LogP contribution is 2.31. The minimum Gasteiger partial charge on any atom is -0.348 e. The van der Waals surface area contributed by atoms with Gasteiger partial charge in [0.1, 0.15) is 0 Å². The van der Waals surface area contributed by atoms with Crippen molar-refractivity contribution in [3.63, 3.8) is 0 Å². The molecule has 0 unspecified atom stereocenters. The molecule has 1 N–H and O–H groups in total. The number of alkyl halides is 3. The van der Waals surface area contributed by atoms with Crippen LogP contribution in [0, 0.1) is 10.5 Å². The van der Waals surface area contributed by atoms with Crippen molar-refractivity contribution in [2.24, 2.45) is 0 Å². The largest absolute Gasteiger partial charge is 0.416 e. The third-order valence-corrected chi connectivity index (χ3v) is 4.36. The van der Waals surface area contributed by atoms with Gasteiger partial charge in [-0.05, 0) is 58.8 Å². The SMILES string of the molecule is Cc1ccc(C(=O)NCc2ccccc2C(F)(F)F)cc1I. The minimum absolute atomic E-state index is 0.0464. The molecule has 0 aliphatic heterocycles. The molecule has 0 fully saturated rings. The van der Waals surface area contributed by atoms with E-state index in [0.717, 1.165) is 15.2 Å². The topological polar surface area (TPSA) is 29.1 Å². The Bertz CT molecular complexity index is 698. The molecule has 0 saturated heterocycles. The fourth-order valence-corrected chi connectivity index (χ4v) is 2.48. The lowest BCUT2D eigenvalue weighted by atomic mass is 10.1. The zero-order valence-corrected chi connectivity index (χ0v) is 13.8. The van der Waals surface area contributed by atoms with Crippen molar-refractivity contribution in [2.75, 3.05) is 0 Å². The minimum atomic E-state index is -4.43. The summed E-state index contributed by atoms with van der Waals surface area (Å²) < 4.78 is 39.6. The highest BCUT2D eigenvalue weighted by atomic mass is 127. The number of rotatable bonds is 3. The van der Waals surface area contributed by atoms with E-state index in [0.29, 0.717) is 5.56 Å². The molecule has 0 bridgehead atoms. The number of hydrogen-bond acceptors (Lipinski definition) is 1. The third kappa shape index (κ3) is 4.00. The van der Waals surface area contributed by atoms with Crippen LogP contribution in [0.2, 0.25) is 0 Å². The Kier molecular flexibility index (Phi) is 5.10. The van der Waals surface area contributed by atoms with Crippen molar-refractivity contribution < 1.29 is 18.0 Å². The van der Waals surface area contributed by atoms with Gasteiger partial charge in [-0.1, -0.05) is 24.3 Å². The van der Waals surface area contributed by atoms with Crippen LogP contribution in [-0.4, -0.2) is 5.91 Å². The van der Waals surface area contributed by atoms with E-state index >= 15 is 0 Å². The Morgan fingerprint density at radius 3 is 2.50 bits per heavy atom. The van der Waals surface area contributed by atoms with E-state index in [1.165, 1.54) is 18.2 Å². The molecule has 2 aromatic rings. The second kappa shape index (κ2) is 6.68. The van der Waals surface area contributed by atoms with Gasteiger partial charge in [0.05, 0.1) is 5.56 Å². The smallest absolute Gasteiger partial charge is 0.348 e. The highest BCUT2D eigenvalue weighted by Gasteiger charge is 2.32. The van der Waals surface area contributed by atoms with Crippen LogP contribution in [0.5, 0.6) is 0 Å². The lowest BCUT2D eigenvalue weighted by Gasteiger charge is -2.13. The fourth-order valence-electron chi connectivity index (χ4n) is 1.96. The summed E-state index contributed by atoms with van der Waals surface area (Å²) in [5, 5.41) is 2.53. The van der Waals surface area contributed by atoms with E-state index in [1.807, 2.05) is 6.92 Å². The Balaban J connectivity index is 2.13. The second-order valence-electron chi connectivity index (χ2n) is 4.80. The molecule has 0 atom stereocenters. The predicted molar refractivity (Wildman–Crippen MR) is 86.5 cm³/mol. The number of hydrogen-bond donors (Lipinski definition) is 1. The summed E-state index contributed by atoms with van der Waals surface area (Å²) in [4.78, 5) is 12.0. The van der Waals surface area contributed by atoms with Gasteiger partial charge in [0.2, 0.25) is 0 Å². The van der Waals surface area contributed by atoms with Crippen molar-refractivity contribution in [1.29, 1.82) is 0 Å². The zero-order chi connectivity index (χ0) is 16.3. The zero-order valence-electron chi connectivity index (χ0n) is 11.7. The monoisotopic (exact) mass is 419 g/mol. The first-order chi connectivity index (χ1) is 10.3. The first-order valence-electron chi connectivity index (χ1n) is 6.48. The summed E-state index contributed by atoms with van der Waals surface area (Å²) >= 11 is 2.11. The molecule has 0 aromatic heterocycles. The summed E-state index contributed by atoms with van der Waals surface area (Å²) in [6, 6.07) is 10.4. The van der Waals surface area contributed by atoms with Gasteiger partial charge in [-0.3, -0.25) is 4.79 Å².